The van der Waals surface area contributed by atoms with Gasteiger partial charge >= 0.3 is 0 Å². The molecule has 0 fully saturated rings. The van der Waals surface area contributed by atoms with Gasteiger partial charge in [-0.25, -0.2) is 9.50 Å². The minimum Gasteiger partial charge on any atom is -0.486 e. The smallest absolute Gasteiger partial charge is 0.253 e. The second-order valence-electron chi connectivity index (χ2n) is 7.64. The Morgan fingerprint density at radius 2 is 2.00 bits per heavy atom. The van der Waals surface area contributed by atoms with Gasteiger partial charge < -0.3 is 14.4 Å². The SMILES string of the molecule is CSc1nc2nc(C)c(CC(=O)N(Cc3cccs3)c3ccc4c(c3)OCCO4)c(C)n2n1. The maximum atomic E-state index is 13.7. The summed E-state index contributed by atoms with van der Waals surface area (Å²) in [6.07, 6.45) is 2.13. The van der Waals surface area contributed by atoms with E-state index in [2.05, 4.69) is 15.1 Å². The van der Waals surface area contributed by atoms with Gasteiger partial charge in [0.2, 0.25) is 11.1 Å². The summed E-state index contributed by atoms with van der Waals surface area (Å²) in [5.74, 6) is 1.88. The zero-order valence-corrected chi connectivity index (χ0v) is 20.2. The highest BCUT2D eigenvalue weighted by Crippen LogP contribution is 2.35. The van der Waals surface area contributed by atoms with Gasteiger partial charge in [0.25, 0.3) is 5.78 Å². The first-order valence-corrected chi connectivity index (χ1v) is 12.6. The van der Waals surface area contributed by atoms with E-state index in [0.29, 0.717) is 42.2 Å². The molecule has 0 saturated heterocycles. The van der Waals surface area contributed by atoms with Crippen molar-refractivity contribution < 1.29 is 14.3 Å². The van der Waals surface area contributed by atoms with Crippen LogP contribution in [0.2, 0.25) is 0 Å². The number of hydrogen-bond acceptors (Lipinski definition) is 8. The van der Waals surface area contributed by atoms with Crippen LogP contribution in [0.15, 0.2) is 40.9 Å². The highest BCUT2D eigenvalue weighted by atomic mass is 32.2. The van der Waals surface area contributed by atoms with Crippen molar-refractivity contribution in [1.29, 1.82) is 0 Å². The first-order valence-electron chi connectivity index (χ1n) is 10.5. The van der Waals surface area contributed by atoms with Crippen molar-refractivity contribution in [1.82, 2.24) is 19.6 Å². The van der Waals surface area contributed by atoms with Gasteiger partial charge in [-0.1, -0.05) is 17.8 Å². The van der Waals surface area contributed by atoms with Crippen LogP contribution in [0.1, 0.15) is 21.8 Å². The average Bonchev–Trinajstić information content (AvgIpc) is 3.49. The van der Waals surface area contributed by atoms with Gasteiger partial charge in [0.15, 0.2) is 11.5 Å². The number of hydrogen-bond donors (Lipinski definition) is 0. The third-order valence-electron chi connectivity index (χ3n) is 5.57. The van der Waals surface area contributed by atoms with E-state index in [1.807, 2.05) is 55.8 Å². The quantitative estimate of drug-likeness (QED) is 0.384. The number of carbonyl (C=O) groups is 1. The molecule has 0 unspecified atom stereocenters. The van der Waals surface area contributed by atoms with E-state index in [-0.39, 0.29) is 12.3 Å². The first-order chi connectivity index (χ1) is 16.0. The van der Waals surface area contributed by atoms with Gasteiger partial charge in [-0.2, -0.15) is 4.98 Å². The van der Waals surface area contributed by atoms with Gasteiger partial charge in [0.05, 0.1) is 13.0 Å². The molecule has 0 radical (unpaired) electrons. The maximum Gasteiger partial charge on any atom is 0.253 e. The van der Waals surface area contributed by atoms with Crippen molar-refractivity contribution in [3.05, 3.63) is 57.5 Å². The van der Waals surface area contributed by atoms with E-state index in [4.69, 9.17) is 9.47 Å². The van der Waals surface area contributed by atoms with Crippen molar-refractivity contribution in [2.45, 2.75) is 32.0 Å². The van der Waals surface area contributed by atoms with E-state index in [1.54, 1.807) is 20.8 Å². The Kier molecular flexibility index (Phi) is 5.94. The minimum atomic E-state index is -0.0300. The van der Waals surface area contributed by atoms with Crippen LogP contribution in [-0.2, 0) is 17.8 Å². The number of rotatable bonds is 6. The van der Waals surface area contributed by atoms with Gasteiger partial charge in [-0.15, -0.1) is 16.4 Å². The fourth-order valence-electron chi connectivity index (χ4n) is 3.86. The normalized spacial score (nSPS) is 12.8. The molecule has 10 heteroatoms. The molecule has 0 bridgehead atoms. The Labute approximate surface area is 199 Å². The zero-order chi connectivity index (χ0) is 22.9. The Morgan fingerprint density at radius 3 is 2.76 bits per heavy atom. The topological polar surface area (TPSA) is 81.9 Å². The number of aryl methyl sites for hydroxylation is 2. The molecular weight excluding hydrogens is 458 g/mol. The molecule has 170 valence electrons. The number of thiophene rings is 1. The minimum absolute atomic E-state index is 0.0300. The molecule has 1 aliphatic heterocycles. The average molecular weight is 482 g/mol. The molecule has 33 heavy (non-hydrogen) atoms. The predicted molar refractivity (Wildman–Crippen MR) is 129 cm³/mol. The van der Waals surface area contributed by atoms with E-state index in [1.165, 1.54) is 11.8 Å². The lowest BCUT2D eigenvalue weighted by Crippen LogP contribution is -2.32. The van der Waals surface area contributed by atoms with Gasteiger partial charge in [-0.05, 0) is 43.7 Å². The monoisotopic (exact) mass is 481 g/mol. The van der Waals surface area contributed by atoms with E-state index in [0.717, 1.165) is 27.5 Å². The lowest BCUT2D eigenvalue weighted by atomic mass is 10.1. The van der Waals surface area contributed by atoms with Crippen molar-refractivity contribution in [3.8, 4) is 11.5 Å². The fraction of sp³-hybridized carbons (Fsp3) is 0.304. The zero-order valence-electron chi connectivity index (χ0n) is 18.6. The summed E-state index contributed by atoms with van der Waals surface area (Å²) in [5.41, 5.74) is 3.29. The molecule has 0 atom stereocenters. The van der Waals surface area contributed by atoms with Crippen molar-refractivity contribution in [2.75, 3.05) is 24.4 Å². The summed E-state index contributed by atoms with van der Waals surface area (Å²) in [4.78, 5) is 25.6. The largest absolute Gasteiger partial charge is 0.486 e. The molecule has 1 aromatic carbocycles. The van der Waals surface area contributed by atoms with Crippen LogP contribution in [0.5, 0.6) is 11.5 Å². The molecule has 1 aliphatic rings. The molecule has 0 spiro atoms. The Bertz CT molecular complexity index is 1320. The first kappa shape index (κ1) is 21.7. The molecule has 0 N–H and O–H groups in total. The second-order valence-corrected chi connectivity index (χ2v) is 9.44. The molecule has 3 aromatic heterocycles. The highest BCUT2D eigenvalue weighted by molar-refractivity contribution is 7.98. The number of amides is 1. The van der Waals surface area contributed by atoms with Crippen LogP contribution in [-0.4, -0.2) is 45.0 Å². The van der Waals surface area contributed by atoms with Crippen molar-refractivity contribution in [2.24, 2.45) is 0 Å². The van der Waals surface area contributed by atoms with E-state index >= 15 is 0 Å². The van der Waals surface area contributed by atoms with Crippen LogP contribution >= 0.6 is 23.1 Å². The molecule has 1 amide bonds. The lowest BCUT2D eigenvalue weighted by molar-refractivity contribution is -0.118. The summed E-state index contributed by atoms with van der Waals surface area (Å²) < 4.78 is 13.1. The number of nitrogens with zero attached hydrogens (tertiary/aromatic N) is 5. The van der Waals surface area contributed by atoms with E-state index in [9.17, 15) is 4.79 Å². The summed E-state index contributed by atoms with van der Waals surface area (Å²) >= 11 is 3.09. The van der Waals surface area contributed by atoms with Crippen LogP contribution in [0.3, 0.4) is 0 Å². The number of fused-ring (bicyclic) bond motifs is 2. The summed E-state index contributed by atoms with van der Waals surface area (Å²) in [7, 11) is 0. The van der Waals surface area contributed by atoms with Crippen LogP contribution < -0.4 is 14.4 Å². The number of benzene rings is 1. The predicted octanol–water partition coefficient (Wildman–Crippen LogP) is 4.07. The second kappa shape index (κ2) is 9.03. The molecule has 4 aromatic rings. The van der Waals surface area contributed by atoms with Crippen LogP contribution in [0.25, 0.3) is 5.78 Å². The molecule has 0 aliphatic carbocycles. The molecule has 0 saturated carbocycles. The third kappa shape index (κ3) is 4.28. The number of anilines is 1. The third-order valence-corrected chi connectivity index (χ3v) is 6.97. The molecule has 8 nitrogen and oxygen atoms in total. The highest BCUT2D eigenvalue weighted by Gasteiger charge is 2.23. The summed E-state index contributed by atoms with van der Waals surface area (Å²) in [6.45, 7) is 5.37. The number of carbonyl (C=O) groups excluding carboxylic acids is 1. The van der Waals surface area contributed by atoms with Gasteiger partial charge in [0, 0.05) is 33.6 Å². The summed E-state index contributed by atoms with van der Waals surface area (Å²) in [6, 6.07) is 9.67. The van der Waals surface area contributed by atoms with Crippen molar-refractivity contribution in [3.63, 3.8) is 0 Å². The van der Waals surface area contributed by atoms with Gasteiger partial charge in [-0.3, -0.25) is 4.79 Å². The summed E-state index contributed by atoms with van der Waals surface area (Å²) in [5, 5.41) is 7.18. The van der Waals surface area contributed by atoms with E-state index < -0.39 is 0 Å². The Morgan fingerprint density at radius 1 is 1.18 bits per heavy atom. The van der Waals surface area contributed by atoms with Crippen molar-refractivity contribution >= 4 is 40.5 Å². The Balaban J connectivity index is 1.50. The van der Waals surface area contributed by atoms with Crippen LogP contribution in [0.4, 0.5) is 5.69 Å². The standard InChI is InChI=1S/C23H23N5O3S2/c1-14-18(15(2)28-22(24-14)25-23(26-28)32-3)12-21(29)27(13-17-5-4-10-33-17)16-6-7-19-20(11-16)31-9-8-30-19/h4-7,10-11H,8-9,12-13H2,1-3H3. The van der Waals surface area contributed by atoms with Crippen LogP contribution in [0, 0.1) is 13.8 Å². The Hall–Kier alpha value is -3.11. The maximum absolute atomic E-state index is 13.7. The fourth-order valence-corrected chi connectivity index (χ4v) is 4.89. The number of ether oxygens (including phenoxy) is 2. The van der Waals surface area contributed by atoms with Gasteiger partial charge in [0.1, 0.15) is 13.2 Å². The number of thioether (sulfide) groups is 1. The number of aromatic nitrogens is 4. The molecule has 4 heterocycles. The lowest BCUT2D eigenvalue weighted by Gasteiger charge is -2.25. The molecular formula is C23H23N5O3S2. The molecule has 5 rings (SSSR count).